The molecule has 0 aromatic rings. The van der Waals surface area contributed by atoms with Crippen molar-refractivity contribution in [1.82, 2.24) is 20.4 Å². The van der Waals surface area contributed by atoms with E-state index in [0.29, 0.717) is 12.5 Å². The van der Waals surface area contributed by atoms with Gasteiger partial charge in [0.2, 0.25) is 11.8 Å². The van der Waals surface area contributed by atoms with E-state index < -0.39 is 0 Å². The second kappa shape index (κ2) is 11.6. The Hall–Kier alpha value is -1.10. The average Bonchev–Trinajstić information content (AvgIpc) is 2.97. The van der Waals surface area contributed by atoms with E-state index in [1.807, 2.05) is 20.8 Å². The Labute approximate surface area is 174 Å². The van der Waals surface area contributed by atoms with Gasteiger partial charge in [-0.15, -0.1) is 24.0 Å². The minimum Gasteiger partial charge on any atom is -0.376 e. The molecule has 152 valence electrons. The van der Waals surface area contributed by atoms with Gasteiger partial charge >= 0.3 is 0 Å². The van der Waals surface area contributed by atoms with Crippen molar-refractivity contribution in [3.8, 4) is 0 Å². The van der Waals surface area contributed by atoms with E-state index in [9.17, 15) is 9.59 Å². The molecule has 0 saturated carbocycles. The van der Waals surface area contributed by atoms with Crippen LogP contribution in [0, 0.1) is 0 Å². The maximum Gasteiger partial charge on any atom is 0.243 e. The van der Waals surface area contributed by atoms with Gasteiger partial charge in [0.1, 0.15) is 6.54 Å². The fourth-order valence-electron chi connectivity index (χ4n) is 2.35. The maximum atomic E-state index is 12.1. The monoisotopic (exact) mass is 483 g/mol. The lowest BCUT2D eigenvalue weighted by Crippen LogP contribution is -2.49. The van der Waals surface area contributed by atoms with Crippen molar-refractivity contribution in [3.05, 3.63) is 0 Å². The van der Waals surface area contributed by atoms with Gasteiger partial charge in [-0.1, -0.05) is 0 Å². The van der Waals surface area contributed by atoms with Crippen molar-refractivity contribution >= 4 is 41.8 Å². The van der Waals surface area contributed by atoms with Gasteiger partial charge in [0.15, 0.2) is 5.96 Å². The number of hydrogen-bond donors (Lipinski definition) is 2. The number of nitrogens with one attached hydrogen (secondary N) is 2. The second-order valence-electron chi connectivity index (χ2n) is 7.60. The van der Waals surface area contributed by atoms with Crippen molar-refractivity contribution in [2.24, 2.45) is 4.99 Å². The molecule has 1 heterocycles. The Bertz CT molecular complexity index is 485. The van der Waals surface area contributed by atoms with Crippen LogP contribution in [0.1, 0.15) is 33.6 Å². The Morgan fingerprint density at radius 2 is 1.88 bits per heavy atom. The van der Waals surface area contributed by atoms with Crippen LogP contribution in [0.3, 0.4) is 0 Å². The topological polar surface area (TPSA) is 86.3 Å². The predicted octanol–water partition coefficient (Wildman–Crippen LogP) is 0.664. The number of rotatable bonds is 6. The van der Waals surface area contributed by atoms with Crippen molar-refractivity contribution < 1.29 is 14.3 Å². The third-order valence-corrected chi connectivity index (χ3v) is 3.63. The number of guanidine groups is 1. The number of hydrogen-bond acceptors (Lipinski definition) is 4. The first-order valence-electron chi connectivity index (χ1n) is 8.70. The minimum atomic E-state index is -0.290. The second-order valence-corrected chi connectivity index (χ2v) is 7.60. The number of likely N-dealkylation sites (N-methyl/N-ethyl adjacent to an activating group) is 2. The summed E-state index contributed by atoms with van der Waals surface area (Å²) in [5, 5.41) is 6.15. The molecule has 9 heteroatoms. The van der Waals surface area contributed by atoms with Gasteiger partial charge in [-0.05, 0) is 33.6 Å². The Morgan fingerprint density at radius 1 is 1.23 bits per heavy atom. The fraction of sp³-hybridized carbons (Fsp3) is 0.824. The summed E-state index contributed by atoms with van der Waals surface area (Å²) in [7, 11) is 5.17. The van der Waals surface area contributed by atoms with Crippen molar-refractivity contribution in [2.45, 2.75) is 45.3 Å². The number of carbonyl (C=O) groups excluding carboxylic acids is 2. The zero-order chi connectivity index (χ0) is 19.0. The van der Waals surface area contributed by atoms with Crippen molar-refractivity contribution in [2.75, 3.05) is 47.4 Å². The molecule has 26 heavy (non-hydrogen) atoms. The van der Waals surface area contributed by atoms with Crippen LogP contribution in [0.25, 0.3) is 0 Å². The molecule has 1 saturated heterocycles. The first kappa shape index (κ1) is 24.9. The highest BCUT2D eigenvalue weighted by atomic mass is 127. The zero-order valence-electron chi connectivity index (χ0n) is 16.8. The zero-order valence-corrected chi connectivity index (χ0v) is 19.1. The number of aliphatic imine (C=N–C) groups is 1. The smallest absolute Gasteiger partial charge is 0.243 e. The molecular weight excluding hydrogens is 449 g/mol. The normalized spacial score (nSPS) is 17.3. The van der Waals surface area contributed by atoms with Crippen LogP contribution >= 0.6 is 24.0 Å². The van der Waals surface area contributed by atoms with Gasteiger partial charge < -0.3 is 25.2 Å². The molecule has 0 radical (unpaired) electrons. The molecule has 0 aromatic heterocycles. The van der Waals surface area contributed by atoms with Crippen LogP contribution in [0.4, 0.5) is 0 Å². The van der Waals surface area contributed by atoms with Crippen molar-refractivity contribution in [1.29, 1.82) is 0 Å². The molecule has 2 amide bonds. The van der Waals surface area contributed by atoms with Gasteiger partial charge in [-0.2, -0.15) is 0 Å². The van der Waals surface area contributed by atoms with E-state index in [2.05, 4.69) is 15.6 Å². The summed E-state index contributed by atoms with van der Waals surface area (Å²) >= 11 is 0. The number of ether oxygens (including phenoxy) is 1. The van der Waals surface area contributed by atoms with Crippen molar-refractivity contribution in [3.63, 3.8) is 0 Å². The summed E-state index contributed by atoms with van der Waals surface area (Å²) in [6, 6.07) is 0. The maximum absolute atomic E-state index is 12.1. The van der Waals surface area contributed by atoms with Crippen LogP contribution in [0.2, 0.25) is 0 Å². The van der Waals surface area contributed by atoms with Gasteiger partial charge in [0, 0.05) is 39.8 Å². The van der Waals surface area contributed by atoms with E-state index in [4.69, 9.17) is 4.74 Å². The SMILES string of the molecule is CN(C)C(=O)CN=C(NCC1CCCO1)N(C)CC(=O)NC(C)(C)C.I. The van der Waals surface area contributed by atoms with Gasteiger partial charge in [0.25, 0.3) is 0 Å². The van der Waals surface area contributed by atoms with E-state index >= 15 is 0 Å². The standard InChI is InChI=1S/C17H33N5O3.HI/c1-17(2,3)20-14(23)12-22(6)16(19-11-15(24)21(4)5)18-10-13-8-7-9-25-13;/h13H,7-12H2,1-6H3,(H,18,19)(H,20,23);1H. The van der Waals surface area contributed by atoms with Crippen LogP contribution in [0.5, 0.6) is 0 Å². The largest absolute Gasteiger partial charge is 0.376 e. The molecule has 1 unspecified atom stereocenters. The lowest BCUT2D eigenvalue weighted by Gasteiger charge is -2.26. The molecule has 0 aliphatic carbocycles. The van der Waals surface area contributed by atoms with Crippen LogP contribution in [-0.4, -0.2) is 86.6 Å². The molecule has 0 spiro atoms. The highest BCUT2D eigenvalue weighted by molar-refractivity contribution is 14.0. The van der Waals surface area contributed by atoms with Crippen LogP contribution in [-0.2, 0) is 14.3 Å². The van der Waals surface area contributed by atoms with E-state index in [1.165, 1.54) is 4.90 Å². The summed E-state index contributed by atoms with van der Waals surface area (Å²) in [5.41, 5.74) is -0.290. The molecular formula is C17H34IN5O3. The van der Waals surface area contributed by atoms with E-state index in [1.54, 1.807) is 26.0 Å². The Balaban J connectivity index is 0.00000625. The summed E-state index contributed by atoms with van der Waals surface area (Å²) < 4.78 is 5.60. The number of nitrogens with zero attached hydrogens (tertiary/aromatic N) is 3. The highest BCUT2D eigenvalue weighted by Gasteiger charge is 2.20. The molecule has 0 bridgehead atoms. The fourth-order valence-corrected chi connectivity index (χ4v) is 2.35. The number of halogens is 1. The molecule has 2 N–H and O–H groups in total. The minimum absolute atomic E-state index is 0. The number of carbonyl (C=O) groups is 2. The first-order chi connectivity index (χ1) is 11.6. The lowest BCUT2D eigenvalue weighted by atomic mass is 10.1. The molecule has 8 nitrogen and oxygen atoms in total. The quantitative estimate of drug-likeness (QED) is 0.330. The summed E-state index contributed by atoms with van der Waals surface area (Å²) in [4.78, 5) is 31.5. The Kier molecular flexibility index (Phi) is 11.1. The Morgan fingerprint density at radius 3 is 2.38 bits per heavy atom. The molecule has 1 aliphatic rings. The van der Waals surface area contributed by atoms with Gasteiger partial charge in [-0.3, -0.25) is 9.59 Å². The third-order valence-electron chi connectivity index (χ3n) is 3.63. The van der Waals surface area contributed by atoms with Gasteiger partial charge in [0.05, 0.1) is 12.6 Å². The van der Waals surface area contributed by atoms with Gasteiger partial charge in [-0.25, -0.2) is 4.99 Å². The summed E-state index contributed by atoms with van der Waals surface area (Å²) in [6.07, 6.45) is 2.21. The van der Waals surface area contributed by atoms with E-state index in [-0.39, 0.29) is 60.5 Å². The number of amides is 2. The predicted molar refractivity (Wildman–Crippen MR) is 114 cm³/mol. The van der Waals surface area contributed by atoms with E-state index in [0.717, 1.165) is 19.4 Å². The summed E-state index contributed by atoms with van der Waals surface area (Å²) in [6.45, 7) is 7.39. The highest BCUT2D eigenvalue weighted by Crippen LogP contribution is 2.10. The lowest BCUT2D eigenvalue weighted by molar-refractivity contribution is -0.127. The average molecular weight is 483 g/mol. The van der Waals surface area contributed by atoms with Crippen LogP contribution < -0.4 is 10.6 Å². The molecule has 1 rings (SSSR count). The third kappa shape index (κ3) is 10.1. The summed E-state index contributed by atoms with van der Waals surface area (Å²) in [5.74, 6) is 0.333. The first-order valence-corrected chi connectivity index (χ1v) is 8.70. The molecule has 1 aliphatic heterocycles. The van der Waals surface area contributed by atoms with Crippen LogP contribution in [0.15, 0.2) is 4.99 Å². The molecule has 0 aromatic carbocycles. The molecule has 1 fully saturated rings. The molecule has 1 atom stereocenters.